The minimum absolute atomic E-state index is 0.215. The van der Waals surface area contributed by atoms with Crippen molar-refractivity contribution in [3.8, 4) is 11.5 Å². The van der Waals surface area contributed by atoms with Crippen LogP contribution in [0.3, 0.4) is 0 Å². The summed E-state index contributed by atoms with van der Waals surface area (Å²) in [5.41, 5.74) is 1.41. The molecule has 144 valence electrons. The Morgan fingerprint density at radius 3 is 2.67 bits per heavy atom. The first-order valence-corrected chi connectivity index (χ1v) is 8.85. The lowest BCUT2D eigenvalue weighted by molar-refractivity contribution is 0.0949. The summed E-state index contributed by atoms with van der Waals surface area (Å²) in [6, 6.07) is 7.44. The molecule has 1 aromatic heterocycles. The summed E-state index contributed by atoms with van der Waals surface area (Å²) in [5.74, 6) is 1.89. The molecular formula is C19H24N4O4. The largest absolute Gasteiger partial charge is 0.493 e. The van der Waals surface area contributed by atoms with E-state index in [1.165, 1.54) is 6.33 Å². The number of anilines is 1. The fourth-order valence-corrected chi connectivity index (χ4v) is 2.88. The van der Waals surface area contributed by atoms with Gasteiger partial charge in [-0.2, -0.15) is 0 Å². The summed E-state index contributed by atoms with van der Waals surface area (Å²) < 4.78 is 15.9. The van der Waals surface area contributed by atoms with Gasteiger partial charge in [-0.05, 0) is 24.1 Å². The van der Waals surface area contributed by atoms with Crippen LogP contribution in [0.2, 0.25) is 0 Å². The van der Waals surface area contributed by atoms with E-state index in [1.54, 1.807) is 20.3 Å². The van der Waals surface area contributed by atoms with E-state index in [0.717, 1.165) is 24.5 Å². The molecule has 0 saturated carbocycles. The molecule has 0 unspecified atom stereocenters. The number of carbonyl (C=O) groups is 1. The van der Waals surface area contributed by atoms with Crippen molar-refractivity contribution in [1.29, 1.82) is 0 Å². The molecule has 1 aliphatic rings. The van der Waals surface area contributed by atoms with Gasteiger partial charge in [-0.3, -0.25) is 4.79 Å². The molecule has 1 saturated heterocycles. The first-order valence-electron chi connectivity index (χ1n) is 8.85. The molecule has 1 fully saturated rings. The van der Waals surface area contributed by atoms with Crippen molar-refractivity contribution >= 4 is 11.7 Å². The number of aromatic nitrogens is 2. The van der Waals surface area contributed by atoms with Crippen molar-refractivity contribution < 1.29 is 19.0 Å². The van der Waals surface area contributed by atoms with Crippen LogP contribution in [0.4, 0.5) is 5.82 Å². The topological polar surface area (TPSA) is 85.8 Å². The second-order valence-electron chi connectivity index (χ2n) is 6.06. The molecule has 2 aromatic rings. The van der Waals surface area contributed by atoms with Crippen LogP contribution in [-0.4, -0.2) is 62.9 Å². The van der Waals surface area contributed by atoms with E-state index < -0.39 is 0 Å². The van der Waals surface area contributed by atoms with E-state index >= 15 is 0 Å². The standard InChI is InChI=1S/C19H24N4O4/c1-25-16-4-3-14(11-17(16)26-2)5-6-20-19(24)15-12-18(22-13-21-15)23-7-9-27-10-8-23/h3-4,11-13H,5-10H2,1-2H3,(H,20,24). The number of ether oxygens (including phenoxy) is 3. The molecule has 1 N–H and O–H groups in total. The summed E-state index contributed by atoms with van der Waals surface area (Å²) in [6.45, 7) is 3.34. The zero-order chi connectivity index (χ0) is 19.1. The number of hydrogen-bond donors (Lipinski definition) is 1. The van der Waals surface area contributed by atoms with Crippen LogP contribution in [0, 0.1) is 0 Å². The highest BCUT2D eigenvalue weighted by atomic mass is 16.5. The van der Waals surface area contributed by atoms with Gasteiger partial charge in [-0.15, -0.1) is 0 Å². The molecule has 1 amide bonds. The number of carbonyl (C=O) groups excluding carboxylic acids is 1. The van der Waals surface area contributed by atoms with Crippen molar-refractivity contribution in [2.24, 2.45) is 0 Å². The Balaban J connectivity index is 1.56. The summed E-state index contributed by atoms with van der Waals surface area (Å²) in [7, 11) is 3.20. The van der Waals surface area contributed by atoms with Gasteiger partial charge in [0.1, 0.15) is 17.8 Å². The minimum Gasteiger partial charge on any atom is -0.493 e. The lowest BCUT2D eigenvalue weighted by Gasteiger charge is -2.27. The molecule has 0 spiro atoms. The fraction of sp³-hybridized carbons (Fsp3) is 0.421. The number of methoxy groups -OCH3 is 2. The SMILES string of the molecule is COc1ccc(CCNC(=O)c2cc(N3CCOCC3)ncn2)cc1OC. The highest BCUT2D eigenvalue weighted by Gasteiger charge is 2.15. The van der Waals surface area contributed by atoms with E-state index in [0.29, 0.717) is 43.4 Å². The lowest BCUT2D eigenvalue weighted by Crippen LogP contribution is -2.37. The number of rotatable bonds is 7. The number of amides is 1. The van der Waals surface area contributed by atoms with Crippen LogP contribution in [0.1, 0.15) is 16.1 Å². The third-order valence-corrected chi connectivity index (χ3v) is 4.37. The third-order valence-electron chi connectivity index (χ3n) is 4.37. The van der Waals surface area contributed by atoms with Gasteiger partial charge >= 0.3 is 0 Å². The van der Waals surface area contributed by atoms with Crippen LogP contribution in [0.5, 0.6) is 11.5 Å². The molecule has 8 nitrogen and oxygen atoms in total. The fourth-order valence-electron chi connectivity index (χ4n) is 2.88. The Morgan fingerprint density at radius 2 is 1.93 bits per heavy atom. The molecule has 1 aliphatic heterocycles. The average Bonchev–Trinajstić information content (AvgIpc) is 2.74. The molecular weight excluding hydrogens is 348 g/mol. The number of nitrogens with zero attached hydrogens (tertiary/aromatic N) is 3. The van der Waals surface area contributed by atoms with E-state index in [9.17, 15) is 4.79 Å². The zero-order valence-corrected chi connectivity index (χ0v) is 15.6. The summed E-state index contributed by atoms with van der Waals surface area (Å²) in [5, 5.41) is 2.90. The monoisotopic (exact) mass is 372 g/mol. The van der Waals surface area contributed by atoms with Crippen LogP contribution >= 0.6 is 0 Å². The molecule has 0 radical (unpaired) electrons. The van der Waals surface area contributed by atoms with Gasteiger partial charge in [-0.1, -0.05) is 6.07 Å². The van der Waals surface area contributed by atoms with Gasteiger partial charge in [0.25, 0.3) is 5.91 Å². The van der Waals surface area contributed by atoms with Crippen molar-refractivity contribution in [1.82, 2.24) is 15.3 Å². The Bertz CT molecular complexity index is 778. The molecule has 2 heterocycles. The lowest BCUT2D eigenvalue weighted by atomic mass is 10.1. The maximum atomic E-state index is 12.4. The molecule has 0 aliphatic carbocycles. The predicted molar refractivity (Wildman–Crippen MR) is 101 cm³/mol. The second kappa shape index (κ2) is 9.18. The van der Waals surface area contributed by atoms with Gasteiger partial charge in [0.2, 0.25) is 0 Å². The van der Waals surface area contributed by atoms with Crippen LogP contribution in [-0.2, 0) is 11.2 Å². The highest BCUT2D eigenvalue weighted by Crippen LogP contribution is 2.27. The minimum atomic E-state index is -0.215. The van der Waals surface area contributed by atoms with E-state index in [2.05, 4.69) is 20.2 Å². The first-order chi connectivity index (χ1) is 13.2. The van der Waals surface area contributed by atoms with E-state index in [4.69, 9.17) is 14.2 Å². The quantitative estimate of drug-likeness (QED) is 0.784. The number of nitrogens with one attached hydrogen (secondary N) is 1. The maximum Gasteiger partial charge on any atom is 0.270 e. The van der Waals surface area contributed by atoms with Crippen molar-refractivity contribution in [2.75, 3.05) is 52.0 Å². The van der Waals surface area contributed by atoms with Crippen LogP contribution in [0.15, 0.2) is 30.6 Å². The van der Waals surface area contributed by atoms with Crippen molar-refractivity contribution in [3.05, 3.63) is 41.9 Å². The van der Waals surface area contributed by atoms with Gasteiger partial charge in [0, 0.05) is 25.7 Å². The van der Waals surface area contributed by atoms with Crippen LogP contribution < -0.4 is 19.7 Å². The zero-order valence-electron chi connectivity index (χ0n) is 15.6. The summed E-state index contributed by atoms with van der Waals surface area (Å²) in [6.07, 6.45) is 2.10. The normalized spacial score (nSPS) is 13.9. The van der Waals surface area contributed by atoms with Crippen molar-refractivity contribution in [3.63, 3.8) is 0 Å². The van der Waals surface area contributed by atoms with Gasteiger partial charge in [0.05, 0.1) is 27.4 Å². The van der Waals surface area contributed by atoms with Gasteiger partial charge < -0.3 is 24.4 Å². The van der Waals surface area contributed by atoms with Crippen LogP contribution in [0.25, 0.3) is 0 Å². The molecule has 8 heteroatoms. The number of benzene rings is 1. The van der Waals surface area contributed by atoms with E-state index in [1.807, 2.05) is 18.2 Å². The third kappa shape index (κ3) is 4.85. The highest BCUT2D eigenvalue weighted by molar-refractivity contribution is 5.92. The molecule has 0 atom stereocenters. The number of morpholine rings is 1. The smallest absolute Gasteiger partial charge is 0.270 e. The Hall–Kier alpha value is -2.87. The molecule has 0 bridgehead atoms. The number of hydrogen-bond acceptors (Lipinski definition) is 7. The maximum absolute atomic E-state index is 12.4. The molecule has 1 aromatic carbocycles. The summed E-state index contributed by atoms with van der Waals surface area (Å²) >= 11 is 0. The van der Waals surface area contributed by atoms with E-state index in [-0.39, 0.29) is 5.91 Å². The molecule has 27 heavy (non-hydrogen) atoms. The Labute approximate surface area is 158 Å². The second-order valence-corrected chi connectivity index (χ2v) is 6.06. The van der Waals surface area contributed by atoms with Crippen molar-refractivity contribution in [2.45, 2.75) is 6.42 Å². The predicted octanol–water partition coefficient (Wildman–Crippen LogP) is 1.30. The summed E-state index contributed by atoms with van der Waals surface area (Å²) in [4.78, 5) is 22.8. The van der Waals surface area contributed by atoms with Gasteiger partial charge in [0.15, 0.2) is 11.5 Å². The first kappa shape index (κ1) is 18.9. The average molecular weight is 372 g/mol. The Kier molecular flexibility index (Phi) is 6.43. The molecule has 3 rings (SSSR count). The van der Waals surface area contributed by atoms with Gasteiger partial charge in [-0.25, -0.2) is 9.97 Å². The Morgan fingerprint density at radius 1 is 1.15 bits per heavy atom.